The highest BCUT2D eigenvalue weighted by Crippen LogP contribution is 2.24. The number of halogens is 1. The number of carbonyl (C=O) groups excluding carboxylic acids is 2. The van der Waals surface area contributed by atoms with Crippen molar-refractivity contribution in [3.05, 3.63) is 106 Å². The maximum Gasteiger partial charge on any atom is 0.329 e. The van der Waals surface area contributed by atoms with Gasteiger partial charge in [0.15, 0.2) is 0 Å². The zero-order valence-corrected chi connectivity index (χ0v) is 23.5. The standard InChI is InChI=1S/C33H33FN4O4/c1-36-31-26(14-8-16-28(31)38(33(36)41)29-17-18-30(39)35-32(29)40)15-9-19-42-23-27(34)22-37(20-24-10-4-2-5-11-24)21-25-12-6-3-7-13-25/h2-8,10-14,16,27,29H,17-23H2,1H3,(H,35,39,40). The first-order valence-electron chi connectivity index (χ1n) is 13.9. The van der Waals surface area contributed by atoms with Gasteiger partial charge in [-0.25, -0.2) is 9.18 Å². The Morgan fingerprint density at radius 1 is 0.976 bits per heavy atom. The molecule has 1 fully saturated rings. The summed E-state index contributed by atoms with van der Waals surface area (Å²) in [5.74, 6) is 5.14. The lowest BCUT2D eigenvalue weighted by atomic mass is 10.1. The smallest absolute Gasteiger partial charge is 0.329 e. The van der Waals surface area contributed by atoms with E-state index < -0.39 is 18.1 Å². The predicted octanol–water partition coefficient (Wildman–Crippen LogP) is 3.73. The second-order valence-electron chi connectivity index (χ2n) is 10.4. The highest BCUT2D eigenvalue weighted by molar-refractivity contribution is 6.00. The monoisotopic (exact) mass is 568 g/mol. The van der Waals surface area contributed by atoms with Crippen molar-refractivity contribution >= 4 is 22.8 Å². The van der Waals surface area contributed by atoms with Gasteiger partial charge in [-0.2, -0.15) is 0 Å². The van der Waals surface area contributed by atoms with Crippen LogP contribution in [0.4, 0.5) is 4.39 Å². The van der Waals surface area contributed by atoms with Crippen LogP contribution >= 0.6 is 0 Å². The lowest BCUT2D eigenvalue weighted by molar-refractivity contribution is -0.135. The quantitative estimate of drug-likeness (QED) is 0.179. The van der Waals surface area contributed by atoms with E-state index in [9.17, 15) is 14.4 Å². The first-order valence-corrected chi connectivity index (χ1v) is 13.9. The molecule has 4 aromatic rings. The molecular weight excluding hydrogens is 535 g/mol. The predicted molar refractivity (Wildman–Crippen MR) is 158 cm³/mol. The van der Waals surface area contributed by atoms with Gasteiger partial charge in [-0.1, -0.05) is 78.6 Å². The van der Waals surface area contributed by atoms with Gasteiger partial charge < -0.3 is 4.74 Å². The average Bonchev–Trinajstić information content (AvgIpc) is 3.24. The first-order chi connectivity index (χ1) is 20.4. The van der Waals surface area contributed by atoms with E-state index in [1.54, 1.807) is 25.2 Å². The summed E-state index contributed by atoms with van der Waals surface area (Å²) in [6, 6.07) is 24.5. The third-order valence-corrected chi connectivity index (χ3v) is 7.27. The van der Waals surface area contributed by atoms with E-state index >= 15 is 4.39 Å². The maximum atomic E-state index is 15.0. The lowest BCUT2D eigenvalue weighted by Gasteiger charge is -2.24. The van der Waals surface area contributed by atoms with Gasteiger partial charge >= 0.3 is 5.69 Å². The van der Waals surface area contributed by atoms with Crippen molar-refractivity contribution < 1.29 is 18.7 Å². The Labute approximate surface area is 243 Å². The van der Waals surface area contributed by atoms with Gasteiger partial charge in [0.05, 0.1) is 23.2 Å². The van der Waals surface area contributed by atoms with E-state index in [1.165, 1.54) is 9.13 Å². The minimum absolute atomic E-state index is 0.0238. The Hall–Kier alpha value is -4.52. The summed E-state index contributed by atoms with van der Waals surface area (Å²) in [5, 5.41) is 2.31. The molecule has 1 aliphatic heterocycles. The van der Waals surface area contributed by atoms with Crippen LogP contribution in [0, 0.1) is 11.8 Å². The molecule has 2 unspecified atom stereocenters. The molecule has 1 N–H and O–H groups in total. The molecule has 5 rings (SSSR count). The first kappa shape index (κ1) is 29.0. The number of amides is 2. The number of hydrogen-bond donors (Lipinski definition) is 1. The van der Waals surface area contributed by atoms with Crippen molar-refractivity contribution in [3.8, 4) is 11.8 Å². The number of aryl methyl sites for hydroxylation is 1. The van der Waals surface area contributed by atoms with E-state index in [0.717, 1.165) is 11.1 Å². The Morgan fingerprint density at radius 2 is 1.64 bits per heavy atom. The van der Waals surface area contributed by atoms with Crippen LogP contribution in [-0.2, 0) is 34.5 Å². The number of alkyl halides is 1. The fourth-order valence-corrected chi connectivity index (χ4v) is 5.34. The molecule has 42 heavy (non-hydrogen) atoms. The van der Waals surface area contributed by atoms with Crippen LogP contribution in [0.2, 0.25) is 0 Å². The van der Waals surface area contributed by atoms with Gasteiger partial charge in [-0.15, -0.1) is 0 Å². The van der Waals surface area contributed by atoms with E-state index in [2.05, 4.69) is 22.1 Å². The van der Waals surface area contributed by atoms with E-state index in [0.29, 0.717) is 29.7 Å². The molecule has 0 radical (unpaired) electrons. The number of ether oxygens (including phenoxy) is 1. The fraction of sp³-hybridized carbons (Fsp3) is 0.303. The van der Waals surface area contributed by atoms with Crippen molar-refractivity contribution in [2.75, 3.05) is 19.8 Å². The summed E-state index contributed by atoms with van der Waals surface area (Å²) >= 11 is 0. The Morgan fingerprint density at radius 3 is 2.29 bits per heavy atom. The van der Waals surface area contributed by atoms with Crippen LogP contribution in [0.15, 0.2) is 83.7 Å². The number of para-hydroxylation sites is 1. The number of nitrogens with one attached hydrogen (secondary N) is 1. The van der Waals surface area contributed by atoms with Crippen LogP contribution in [0.3, 0.4) is 0 Å². The molecule has 3 aromatic carbocycles. The number of benzene rings is 3. The third kappa shape index (κ3) is 6.85. The van der Waals surface area contributed by atoms with Gasteiger partial charge in [0.2, 0.25) is 11.8 Å². The van der Waals surface area contributed by atoms with Crippen LogP contribution in [0.1, 0.15) is 35.6 Å². The Kier molecular flexibility index (Phi) is 9.27. The zero-order valence-electron chi connectivity index (χ0n) is 23.5. The number of imide groups is 1. The number of fused-ring (bicyclic) bond motifs is 1. The molecule has 8 nitrogen and oxygen atoms in total. The van der Waals surface area contributed by atoms with Gasteiger partial charge in [0.1, 0.15) is 18.8 Å². The second kappa shape index (κ2) is 13.4. The third-order valence-electron chi connectivity index (χ3n) is 7.27. The van der Waals surface area contributed by atoms with Crippen LogP contribution in [-0.4, -0.2) is 51.8 Å². The van der Waals surface area contributed by atoms with Crippen LogP contribution < -0.4 is 11.0 Å². The van der Waals surface area contributed by atoms with Gasteiger partial charge in [0.25, 0.3) is 0 Å². The molecule has 0 bridgehead atoms. The Balaban J connectivity index is 1.22. The normalized spacial score (nSPS) is 15.8. The highest BCUT2D eigenvalue weighted by Gasteiger charge is 2.31. The number of nitrogens with zero attached hydrogens (tertiary/aromatic N) is 3. The molecule has 2 amide bonds. The molecule has 1 aromatic heterocycles. The average molecular weight is 569 g/mol. The summed E-state index contributed by atoms with van der Waals surface area (Å²) in [6.07, 6.45) is -0.778. The number of piperidine rings is 1. The minimum atomic E-state index is -1.20. The van der Waals surface area contributed by atoms with Crippen molar-refractivity contribution in [2.45, 2.75) is 38.1 Å². The fourth-order valence-electron chi connectivity index (χ4n) is 5.34. The number of carbonyl (C=O) groups is 2. The summed E-state index contributed by atoms with van der Waals surface area (Å²) < 4.78 is 23.5. The van der Waals surface area contributed by atoms with Gasteiger partial charge in [-0.05, 0) is 29.7 Å². The molecular formula is C33H33FN4O4. The largest absolute Gasteiger partial charge is 0.366 e. The van der Waals surface area contributed by atoms with Gasteiger partial charge in [0, 0.05) is 33.1 Å². The number of imidazole rings is 1. The summed E-state index contributed by atoms with van der Waals surface area (Å²) in [5.41, 5.74) is 3.60. The summed E-state index contributed by atoms with van der Waals surface area (Å²) in [7, 11) is 1.62. The molecule has 2 heterocycles. The van der Waals surface area contributed by atoms with Crippen molar-refractivity contribution in [3.63, 3.8) is 0 Å². The number of hydrogen-bond acceptors (Lipinski definition) is 5. The molecule has 0 saturated carbocycles. The minimum Gasteiger partial charge on any atom is -0.366 e. The van der Waals surface area contributed by atoms with Crippen molar-refractivity contribution in [2.24, 2.45) is 7.05 Å². The van der Waals surface area contributed by atoms with Crippen LogP contribution in [0.25, 0.3) is 11.0 Å². The van der Waals surface area contributed by atoms with E-state index in [1.807, 2.05) is 60.7 Å². The van der Waals surface area contributed by atoms with Gasteiger partial charge in [-0.3, -0.25) is 28.9 Å². The van der Waals surface area contributed by atoms with Crippen molar-refractivity contribution in [1.82, 2.24) is 19.4 Å². The highest BCUT2D eigenvalue weighted by atomic mass is 19.1. The van der Waals surface area contributed by atoms with Crippen molar-refractivity contribution in [1.29, 1.82) is 0 Å². The maximum absolute atomic E-state index is 15.0. The SMILES string of the molecule is Cn1c(=O)n(C2CCC(=O)NC2=O)c2cccc(C#CCOCC(F)CN(Cc3ccccc3)Cc3ccccc3)c21. The Bertz CT molecular complexity index is 1630. The molecule has 0 aliphatic carbocycles. The second-order valence-corrected chi connectivity index (χ2v) is 10.4. The molecule has 1 saturated heterocycles. The zero-order chi connectivity index (χ0) is 29.5. The van der Waals surface area contributed by atoms with E-state index in [4.69, 9.17) is 4.74 Å². The molecule has 1 aliphatic rings. The summed E-state index contributed by atoms with van der Waals surface area (Å²) in [6.45, 7) is 1.39. The lowest BCUT2D eigenvalue weighted by Crippen LogP contribution is -2.44. The van der Waals surface area contributed by atoms with E-state index in [-0.39, 0.29) is 44.2 Å². The molecule has 9 heteroatoms. The molecule has 2 atom stereocenters. The topological polar surface area (TPSA) is 85.6 Å². The summed E-state index contributed by atoms with van der Waals surface area (Å²) in [4.78, 5) is 39.2. The number of rotatable bonds is 10. The van der Waals surface area contributed by atoms with Crippen LogP contribution in [0.5, 0.6) is 0 Å². The number of aromatic nitrogens is 2. The molecule has 0 spiro atoms. The molecule has 216 valence electrons.